The van der Waals surface area contributed by atoms with E-state index in [4.69, 9.17) is 23.1 Å². The van der Waals surface area contributed by atoms with Crippen molar-refractivity contribution in [1.29, 1.82) is 0 Å². The first-order valence-electron chi connectivity index (χ1n) is 10.2. The number of rotatable bonds is 4. The molecule has 1 saturated heterocycles. The highest BCUT2D eigenvalue weighted by atomic mass is 35.5. The molecule has 3 heterocycles. The average molecular weight is 437 g/mol. The fourth-order valence-electron chi connectivity index (χ4n) is 3.89. The van der Waals surface area contributed by atoms with E-state index in [9.17, 15) is 4.79 Å². The lowest BCUT2D eigenvalue weighted by molar-refractivity contribution is 0.102. The largest absolute Gasteiger partial charge is 0.397 e. The summed E-state index contributed by atoms with van der Waals surface area (Å²) >= 11 is 6.07. The number of pyridine rings is 2. The Morgan fingerprint density at radius 3 is 2.87 bits per heavy atom. The van der Waals surface area contributed by atoms with E-state index >= 15 is 0 Å². The molecule has 5 N–H and O–H groups in total. The van der Waals surface area contributed by atoms with Crippen molar-refractivity contribution in [3.63, 3.8) is 0 Å². The smallest absolute Gasteiger partial charge is 0.276 e. The third-order valence-electron chi connectivity index (χ3n) is 5.45. The average Bonchev–Trinajstić information content (AvgIpc) is 2.75. The van der Waals surface area contributed by atoms with Gasteiger partial charge in [0.05, 0.1) is 29.0 Å². The number of nitrogens with two attached hydrogens (primary N) is 2. The Morgan fingerprint density at radius 2 is 2.10 bits per heavy atom. The van der Waals surface area contributed by atoms with Gasteiger partial charge in [-0.25, -0.2) is 4.98 Å². The second kappa shape index (κ2) is 8.91. The van der Waals surface area contributed by atoms with Crippen molar-refractivity contribution in [2.45, 2.75) is 25.8 Å². The summed E-state index contributed by atoms with van der Waals surface area (Å²) in [6.07, 6.45) is 5.35. The van der Waals surface area contributed by atoms with Crippen molar-refractivity contribution in [3.8, 4) is 11.3 Å². The van der Waals surface area contributed by atoms with Crippen LogP contribution in [-0.2, 0) is 0 Å². The zero-order chi connectivity index (χ0) is 22.0. The van der Waals surface area contributed by atoms with Gasteiger partial charge in [0.15, 0.2) is 5.69 Å². The minimum Gasteiger partial charge on any atom is -0.397 e. The molecule has 0 spiro atoms. The summed E-state index contributed by atoms with van der Waals surface area (Å²) in [7, 11) is 0. The minimum atomic E-state index is -0.387. The Bertz CT molecular complexity index is 1120. The van der Waals surface area contributed by atoms with E-state index in [-0.39, 0.29) is 17.6 Å². The number of piperidine rings is 1. The first-order valence-corrected chi connectivity index (χ1v) is 10.6. The van der Waals surface area contributed by atoms with Gasteiger partial charge >= 0.3 is 0 Å². The molecule has 8 heteroatoms. The van der Waals surface area contributed by atoms with Crippen LogP contribution in [0, 0.1) is 6.92 Å². The van der Waals surface area contributed by atoms with Crippen LogP contribution in [0.3, 0.4) is 0 Å². The highest BCUT2D eigenvalue weighted by molar-refractivity contribution is 6.30. The molecule has 0 radical (unpaired) electrons. The molecular formula is C23H25ClN6O. The maximum absolute atomic E-state index is 13.1. The van der Waals surface area contributed by atoms with E-state index < -0.39 is 0 Å². The van der Waals surface area contributed by atoms with Gasteiger partial charge in [0.1, 0.15) is 0 Å². The normalized spacial score (nSPS) is 16.2. The van der Waals surface area contributed by atoms with Crippen molar-refractivity contribution < 1.29 is 4.79 Å². The van der Waals surface area contributed by atoms with Crippen molar-refractivity contribution >= 4 is 34.6 Å². The topological polar surface area (TPSA) is 110 Å². The van der Waals surface area contributed by atoms with Gasteiger partial charge < -0.3 is 21.7 Å². The molecule has 160 valence electrons. The number of aromatic nitrogens is 2. The predicted molar refractivity (Wildman–Crippen MR) is 125 cm³/mol. The first kappa shape index (κ1) is 21.1. The highest BCUT2D eigenvalue weighted by Gasteiger charge is 2.21. The van der Waals surface area contributed by atoms with Crippen LogP contribution < -0.4 is 21.7 Å². The van der Waals surface area contributed by atoms with E-state index in [1.165, 1.54) is 0 Å². The fourth-order valence-corrected chi connectivity index (χ4v) is 4.11. The lowest BCUT2D eigenvalue weighted by Gasteiger charge is -2.33. The second-order valence-corrected chi connectivity index (χ2v) is 8.23. The number of carbonyl (C=O) groups is 1. The van der Waals surface area contributed by atoms with Crippen LogP contribution in [0.25, 0.3) is 11.3 Å². The summed E-state index contributed by atoms with van der Waals surface area (Å²) in [4.78, 5) is 24.0. The van der Waals surface area contributed by atoms with E-state index in [0.717, 1.165) is 42.7 Å². The zero-order valence-corrected chi connectivity index (χ0v) is 18.1. The number of anilines is 3. The molecule has 1 aliphatic rings. The number of halogens is 1. The third-order valence-corrected chi connectivity index (χ3v) is 5.69. The van der Waals surface area contributed by atoms with Gasteiger partial charge in [-0.3, -0.25) is 9.78 Å². The predicted octanol–water partition coefficient (Wildman–Crippen LogP) is 3.87. The quantitative estimate of drug-likeness (QED) is 0.572. The number of benzene rings is 1. The third kappa shape index (κ3) is 4.62. The molecule has 0 unspecified atom stereocenters. The number of aryl methyl sites for hydroxylation is 1. The van der Waals surface area contributed by atoms with Crippen LogP contribution >= 0.6 is 11.6 Å². The molecule has 0 bridgehead atoms. The summed E-state index contributed by atoms with van der Waals surface area (Å²) in [6, 6.07) is 11.0. The summed E-state index contributed by atoms with van der Waals surface area (Å²) in [5.74, 6) is -0.387. The molecule has 1 aromatic carbocycles. The minimum absolute atomic E-state index is 0.113. The number of hydrogen-bond donors (Lipinski definition) is 3. The van der Waals surface area contributed by atoms with Crippen LogP contribution in [0.5, 0.6) is 0 Å². The van der Waals surface area contributed by atoms with Crippen molar-refractivity contribution in [1.82, 2.24) is 9.97 Å². The Labute approximate surface area is 186 Å². The summed E-state index contributed by atoms with van der Waals surface area (Å²) in [6.45, 7) is 3.56. The van der Waals surface area contributed by atoms with Crippen LogP contribution in [0.15, 0.2) is 48.8 Å². The van der Waals surface area contributed by atoms with E-state index in [2.05, 4.69) is 20.2 Å². The Morgan fingerprint density at radius 1 is 1.26 bits per heavy atom. The molecular weight excluding hydrogens is 412 g/mol. The molecule has 3 aromatic rings. The van der Waals surface area contributed by atoms with Crippen LogP contribution in [0.4, 0.5) is 17.1 Å². The SMILES string of the molecule is Cc1cc(Cl)ccc1-c1ccc(N)c(C(=O)Nc2cnccc2N2CCC[C@H](N)C2)n1. The Kier molecular flexibility index (Phi) is 6.06. The van der Waals surface area contributed by atoms with Crippen LogP contribution in [0.1, 0.15) is 28.9 Å². The molecule has 1 fully saturated rings. The zero-order valence-electron chi connectivity index (χ0n) is 17.3. The highest BCUT2D eigenvalue weighted by Crippen LogP contribution is 2.29. The lowest BCUT2D eigenvalue weighted by Crippen LogP contribution is -2.43. The molecule has 1 atom stereocenters. The molecule has 4 rings (SSSR count). The molecule has 2 aromatic heterocycles. The maximum Gasteiger partial charge on any atom is 0.276 e. The van der Waals surface area contributed by atoms with Crippen molar-refractivity contribution in [2.75, 3.05) is 29.0 Å². The van der Waals surface area contributed by atoms with E-state index in [1.807, 2.05) is 25.1 Å². The first-order chi connectivity index (χ1) is 14.9. The molecule has 0 saturated carbocycles. The van der Waals surface area contributed by atoms with Gasteiger partial charge in [0.25, 0.3) is 5.91 Å². The number of hydrogen-bond acceptors (Lipinski definition) is 6. The number of nitrogens with zero attached hydrogens (tertiary/aromatic N) is 3. The Hall–Kier alpha value is -3.16. The summed E-state index contributed by atoms with van der Waals surface area (Å²) < 4.78 is 0. The van der Waals surface area contributed by atoms with Crippen molar-refractivity contribution in [2.24, 2.45) is 5.73 Å². The van der Waals surface area contributed by atoms with Crippen LogP contribution in [0.2, 0.25) is 5.02 Å². The van der Waals surface area contributed by atoms with E-state index in [0.29, 0.717) is 22.1 Å². The van der Waals surface area contributed by atoms with Gasteiger partial charge in [-0.15, -0.1) is 0 Å². The molecule has 7 nitrogen and oxygen atoms in total. The van der Waals surface area contributed by atoms with Crippen molar-refractivity contribution in [3.05, 3.63) is 65.1 Å². The molecule has 1 aliphatic heterocycles. The number of nitrogens with one attached hydrogen (secondary N) is 1. The van der Waals surface area contributed by atoms with Gasteiger partial charge in [-0.05, 0) is 55.7 Å². The van der Waals surface area contributed by atoms with Gasteiger partial charge in [-0.2, -0.15) is 0 Å². The lowest BCUT2D eigenvalue weighted by atomic mass is 10.0. The molecule has 31 heavy (non-hydrogen) atoms. The summed E-state index contributed by atoms with van der Waals surface area (Å²) in [5, 5.41) is 3.58. The molecule has 0 aliphatic carbocycles. The molecule has 1 amide bonds. The van der Waals surface area contributed by atoms with Gasteiger partial charge in [-0.1, -0.05) is 17.7 Å². The Balaban J connectivity index is 1.63. The standard InChI is InChI=1S/C23H25ClN6O/c1-14-11-15(24)4-5-17(14)19-7-6-18(26)22(28-19)23(31)29-20-12-27-9-8-21(20)30-10-2-3-16(25)13-30/h4-9,11-12,16H,2-3,10,13,25-26H2,1H3,(H,29,31)/t16-/m0/s1. The summed E-state index contributed by atoms with van der Waals surface area (Å²) in [5.41, 5.74) is 16.7. The number of carbonyl (C=O) groups excluding carboxylic acids is 1. The van der Waals surface area contributed by atoms with Crippen LogP contribution in [-0.4, -0.2) is 35.0 Å². The number of nitrogen functional groups attached to an aromatic ring is 1. The van der Waals surface area contributed by atoms with Gasteiger partial charge in [0, 0.05) is 35.9 Å². The maximum atomic E-state index is 13.1. The monoisotopic (exact) mass is 436 g/mol. The number of amides is 1. The second-order valence-electron chi connectivity index (χ2n) is 7.79. The fraction of sp³-hybridized carbons (Fsp3) is 0.261. The van der Waals surface area contributed by atoms with Gasteiger partial charge in [0.2, 0.25) is 0 Å². The van der Waals surface area contributed by atoms with E-state index in [1.54, 1.807) is 30.6 Å².